The van der Waals surface area contributed by atoms with Gasteiger partial charge in [-0.25, -0.2) is 0 Å². The predicted molar refractivity (Wildman–Crippen MR) is 99.4 cm³/mol. The second-order valence-corrected chi connectivity index (χ2v) is 8.06. The van der Waals surface area contributed by atoms with Gasteiger partial charge in [0.05, 0.1) is 12.2 Å². The summed E-state index contributed by atoms with van der Waals surface area (Å²) in [5.74, 6) is 0.330. The minimum absolute atomic E-state index is 0. The van der Waals surface area contributed by atoms with Crippen LogP contribution in [0.25, 0.3) is 0 Å². The van der Waals surface area contributed by atoms with Crippen molar-refractivity contribution in [3.63, 3.8) is 0 Å². The maximum absolute atomic E-state index is 12.7. The van der Waals surface area contributed by atoms with Crippen molar-refractivity contribution in [2.75, 3.05) is 19.6 Å². The first kappa shape index (κ1) is 20.0. The molecule has 1 amide bonds. The average molecular weight is 359 g/mol. The molecule has 2 aliphatic carbocycles. The minimum atomic E-state index is 0. The highest BCUT2D eigenvalue weighted by molar-refractivity contribution is 5.85. The number of ether oxygens (including phenoxy) is 1. The molecule has 2 saturated carbocycles. The summed E-state index contributed by atoms with van der Waals surface area (Å²) in [7, 11) is 0. The fourth-order valence-corrected chi connectivity index (χ4v) is 4.73. The first-order valence-electron chi connectivity index (χ1n) is 9.84. The highest BCUT2D eigenvalue weighted by Crippen LogP contribution is 2.39. The van der Waals surface area contributed by atoms with E-state index in [9.17, 15) is 4.79 Å². The van der Waals surface area contributed by atoms with Crippen molar-refractivity contribution in [1.29, 1.82) is 0 Å². The lowest BCUT2D eigenvalue weighted by Gasteiger charge is -2.39. The third-order valence-electron chi connectivity index (χ3n) is 6.36. The van der Waals surface area contributed by atoms with Crippen LogP contribution in [0.4, 0.5) is 0 Å². The Hall–Kier alpha value is -0.320. The Kier molecular flexibility index (Phi) is 7.83. The summed E-state index contributed by atoms with van der Waals surface area (Å²) in [6, 6.07) is 0. The molecule has 0 aromatic rings. The van der Waals surface area contributed by atoms with E-state index < -0.39 is 0 Å². The van der Waals surface area contributed by atoms with E-state index in [-0.39, 0.29) is 17.8 Å². The monoisotopic (exact) mass is 358 g/mol. The van der Waals surface area contributed by atoms with Gasteiger partial charge in [-0.1, -0.05) is 32.1 Å². The molecule has 0 aromatic carbocycles. The van der Waals surface area contributed by atoms with Gasteiger partial charge in [0.2, 0.25) is 5.91 Å². The van der Waals surface area contributed by atoms with Crippen LogP contribution in [0.5, 0.6) is 0 Å². The Morgan fingerprint density at radius 1 is 0.958 bits per heavy atom. The van der Waals surface area contributed by atoms with Gasteiger partial charge < -0.3 is 15.4 Å². The highest BCUT2D eigenvalue weighted by atomic mass is 35.5. The van der Waals surface area contributed by atoms with E-state index in [1.54, 1.807) is 0 Å². The van der Waals surface area contributed by atoms with E-state index in [4.69, 9.17) is 10.5 Å². The van der Waals surface area contributed by atoms with Crippen LogP contribution in [0.2, 0.25) is 0 Å². The highest BCUT2D eigenvalue weighted by Gasteiger charge is 2.35. The molecule has 140 valence electrons. The molecule has 0 bridgehead atoms. The maximum Gasteiger partial charge on any atom is 0.223 e. The molecule has 5 heteroatoms. The van der Waals surface area contributed by atoms with E-state index in [0.29, 0.717) is 31.1 Å². The molecule has 0 radical (unpaired) electrons. The lowest BCUT2D eigenvalue weighted by atomic mass is 9.71. The summed E-state index contributed by atoms with van der Waals surface area (Å²) < 4.78 is 6.21. The summed E-state index contributed by atoms with van der Waals surface area (Å²) in [6.07, 6.45) is 14.7. The van der Waals surface area contributed by atoms with Gasteiger partial charge in [-0.15, -0.1) is 12.4 Å². The number of piperidine rings is 1. The van der Waals surface area contributed by atoms with Crippen molar-refractivity contribution in [2.45, 2.75) is 89.3 Å². The minimum Gasteiger partial charge on any atom is -0.375 e. The average Bonchev–Trinajstić information content (AvgIpc) is 3.09. The van der Waals surface area contributed by atoms with Crippen LogP contribution >= 0.6 is 12.4 Å². The summed E-state index contributed by atoms with van der Waals surface area (Å²) in [6.45, 7) is 2.41. The van der Waals surface area contributed by atoms with Gasteiger partial charge in [0.15, 0.2) is 0 Å². The Morgan fingerprint density at radius 3 is 2.12 bits per heavy atom. The number of halogens is 1. The van der Waals surface area contributed by atoms with Crippen LogP contribution in [-0.4, -0.2) is 42.6 Å². The van der Waals surface area contributed by atoms with E-state index in [2.05, 4.69) is 4.90 Å². The van der Waals surface area contributed by atoms with E-state index in [1.165, 1.54) is 44.9 Å². The van der Waals surface area contributed by atoms with E-state index in [0.717, 1.165) is 38.8 Å². The van der Waals surface area contributed by atoms with Crippen molar-refractivity contribution in [1.82, 2.24) is 4.90 Å². The Morgan fingerprint density at radius 2 is 1.54 bits per heavy atom. The van der Waals surface area contributed by atoms with E-state index in [1.807, 2.05) is 0 Å². The normalized spacial score (nSPS) is 25.5. The zero-order chi connectivity index (χ0) is 16.1. The fraction of sp³-hybridized carbons (Fsp3) is 0.947. The van der Waals surface area contributed by atoms with Gasteiger partial charge in [0.1, 0.15) is 0 Å². The van der Waals surface area contributed by atoms with Crippen molar-refractivity contribution in [3.05, 3.63) is 0 Å². The zero-order valence-corrected chi connectivity index (χ0v) is 15.8. The number of carbonyl (C=O) groups is 1. The van der Waals surface area contributed by atoms with Crippen LogP contribution in [0.3, 0.4) is 0 Å². The standard InChI is InChI=1S/C19H34N2O2.ClH/c20-15-19(10-4-1-5-11-19)14-18(22)21-12-8-17(9-13-21)23-16-6-2-3-7-16;/h16-17H,1-15,20H2;1H. The lowest BCUT2D eigenvalue weighted by Crippen LogP contribution is -2.45. The third kappa shape index (κ3) is 5.09. The van der Waals surface area contributed by atoms with Crippen LogP contribution in [0.1, 0.15) is 77.0 Å². The molecule has 24 heavy (non-hydrogen) atoms. The summed E-state index contributed by atoms with van der Waals surface area (Å²) in [5, 5.41) is 0. The smallest absolute Gasteiger partial charge is 0.223 e. The molecular formula is C19H35ClN2O2. The second-order valence-electron chi connectivity index (χ2n) is 8.06. The van der Waals surface area contributed by atoms with Gasteiger partial charge in [-0.3, -0.25) is 4.79 Å². The topological polar surface area (TPSA) is 55.6 Å². The summed E-state index contributed by atoms with van der Waals surface area (Å²) >= 11 is 0. The van der Waals surface area contributed by atoms with Crippen molar-refractivity contribution in [2.24, 2.45) is 11.1 Å². The maximum atomic E-state index is 12.7. The molecule has 1 heterocycles. The Labute approximate surface area is 153 Å². The number of hydrogen-bond donors (Lipinski definition) is 1. The Balaban J connectivity index is 0.00000208. The van der Waals surface area contributed by atoms with Crippen LogP contribution in [-0.2, 0) is 9.53 Å². The first-order chi connectivity index (χ1) is 11.2. The van der Waals surface area contributed by atoms with Crippen LogP contribution in [0, 0.1) is 5.41 Å². The lowest BCUT2D eigenvalue weighted by molar-refractivity contribution is -0.137. The van der Waals surface area contributed by atoms with Crippen molar-refractivity contribution < 1.29 is 9.53 Å². The third-order valence-corrected chi connectivity index (χ3v) is 6.36. The molecule has 4 nitrogen and oxygen atoms in total. The van der Waals surface area contributed by atoms with Gasteiger partial charge in [0, 0.05) is 19.5 Å². The van der Waals surface area contributed by atoms with Gasteiger partial charge >= 0.3 is 0 Å². The molecule has 3 fully saturated rings. The number of amides is 1. The molecule has 2 N–H and O–H groups in total. The molecule has 0 spiro atoms. The molecule has 1 saturated heterocycles. The number of rotatable bonds is 5. The summed E-state index contributed by atoms with van der Waals surface area (Å²) in [5.41, 5.74) is 6.13. The largest absolute Gasteiger partial charge is 0.375 e. The molecule has 1 aliphatic heterocycles. The Bertz CT molecular complexity index is 385. The second kappa shape index (κ2) is 9.40. The number of nitrogens with zero attached hydrogens (tertiary/aromatic N) is 1. The molecule has 0 atom stereocenters. The fourth-order valence-electron chi connectivity index (χ4n) is 4.73. The zero-order valence-electron chi connectivity index (χ0n) is 15.0. The van der Waals surface area contributed by atoms with Gasteiger partial charge in [-0.2, -0.15) is 0 Å². The van der Waals surface area contributed by atoms with Crippen molar-refractivity contribution >= 4 is 18.3 Å². The number of nitrogens with two attached hydrogens (primary N) is 1. The SMILES string of the molecule is Cl.NCC1(CC(=O)N2CCC(OC3CCCC3)CC2)CCCCC1. The van der Waals surface area contributed by atoms with Crippen LogP contribution < -0.4 is 5.73 Å². The van der Waals surface area contributed by atoms with E-state index >= 15 is 0 Å². The molecular weight excluding hydrogens is 324 g/mol. The molecule has 0 unspecified atom stereocenters. The van der Waals surface area contributed by atoms with Crippen molar-refractivity contribution in [3.8, 4) is 0 Å². The molecule has 0 aromatic heterocycles. The number of likely N-dealkylation sites (tertiary alicyclic amines) is 1. The van der Waals surface area contributed by atoms with Crippen LogP contribution in [0.15, 0.2) is 0 Å². The van der Waals surface area contributed by atoms with Gasteiger partial charge in [-0.05, 0) is 50.5 Å². The molecule has 3 rings (SSSR count). The van der Waals surface area contributed by atoms with Gasteiger partial charge in [0.25, 0.3) is 0 Å². The quantitative estimate of drug-likeness (QED) is 0.815. The summed E-state index contributed by atoms with van der Waals surface area (Å²) in [4.78, 5) is 14.8. The number of carbonyl (C=O) groups excluding carboxylic acids is 1. The first-order valence-corrected chi connectivity index (χ1v) is 9.84. The predicted octanol–water partition coefficient (Wildman–Crippen LogP) is 3.66. The number of hydrogen-bond acceptors (Lipinski definition) is 3. The molecule has 3 aliphatic rings.